The van der Waals surface area contributed by atoms with Crippen LogP contribution >= 0.6 is 23.8 Å². The quantitative estimate of drug-likeness (QED) is 0.698. The molecule has 1 atom stereocenters. The summed E-state index contributed by atoms with van der Waals surface area (Å²) in [5, 5.41) is 7.36. The van der Waals surface area contributed by atoms with Gasteiger partial charge < -0.3 is 15.5 Å². The molecule has 3 N–H and O–H groups in total. The first-order chi connectivity index (χ1) is 12.1. The Labute approximate surface area is 158 Å². The van der Waals surface area contributed by atoms with E-state index < -0.39 is 0 Å². The van der Waals surface area contributed by atoms with E-state index in [4.69, 9.17) is 23.8 Å². The molecule has 1 fully saturated rings. The first-order valence-corrected chi connectivity index (χ1v) is 9.32. The maximum absolute atomic E-state index is 13.7. The highest BCUT2D eigenvalue weighted by molar-refractivity contribution is 7.80. The Morgan fingerprint density at radius 3 is 2.52 bits per heavy atom. The number of rotatable bonds is 5. The summed E-state index contributed by atoms with van der Waals surface area (Å²) in [5.41, 5.74) is 1.50. The van der Waals surface area contributed by atoms with Gasteiger partial charge in [-0.2, -0.15) is 0 Å². The van der Waals surface area contributed by atoms with E-state index in [0.29, 0.717) is 17.3 Å². The van der Waals surface area contributed by atoms with Crippen molar-refractivity contribution < 1.29 is 9.29 Å². The Kier molecular flexibility index (Phi) is 6.24. The van der Waals surface area contributed by atoms with Crippen LogP contribution in [-0.4, -0.2) is 24.7 Å². The maximum atomic E-state index is 13.7. The van der Waals surface area contributed by atoms with E-state index >= 15 is 0 Å². The van der Waals surface area contributed by atoms with E-state index in [1.807, 2.05) is 18.2 Å². The van der Waals surface area contributed by atoms with Crippen LogP contribution in [0.2, 0.25) is 5.02 Å². The average Bonchev–Trinajstić information content (AvgIpc) is 3.13. The number of benzene rings is 2. The standard InChI is InChI=1S/C19H21ClFN3S/c20-15-8-2-1-7-14(15)18(24-11-5-6-12-24)13-22-19(25)23-17-10-4-3-9-16(17)21/h1-4,7-10,18H,5-6,11-13H2,(H2,22,23,25)/p+1/t18-/m1/s1. The van der Waals surface area contributed by atoms with Crippen LogP contribution in [0.1, 0.15) is 24.4 Å². The number of nitrogens with one attached hydrogen (secondary N) is 3. The molecule has 1 aliphatic rings. The zero-order valence-corrected chi connectivity index (χ0v) is 15.5. The van der Waals surface area contributed by atoms with Crippen molar-refractivity contribution in [1.82, 2.24) is 5.32 Å². The third-order valence-electron chi connectivity index (χ3n) is 4.61. The van der Waals surface area contributed by atoms with Gasteiger partial charge in [0.05, 0.1) is 25.3 Å². The maximum Gasteiger partial charge on any atom is 0.171 e. The second-order valence-corrected chi connectivity index (χ2v) is 7.07. The van der Waals surface area contributed by atoms with Gasteiger partial charge in [0.15, 0.2) is 5.11 Å². The molecular weight excluding hydrogens is 357 g/mol. The van der Waals surface area contributed by atoms with Crippen molar-refractivity contribution in [3.63, 3.8) is 0 Å². The zero-order chi connectivity index (χ0) is 17.6. The van der Waals surface area contributed by atoms with Gasteiger partial charge in [-0.1, -0.05) is 41.9 Å². The Hall–Kier alpha value is -1.69. The third-order valence-corrected chi connectivity index (χ3v) is 5.20. The molecule has 0 unspecified atom stereocenters. The van der Waals surface area contributed by atoms with Crippen LogP contribution < -0.4 is 15.5 Å². The van der Waals surface area contributed by atoms with Crippen LogP contribution in [0.4, 0.5) is 10.1 Å². The smallest absolute Gasteiger partial charge is 0.171 e. The number of hydrogen-bond acceptors (Lipinski definition) is 1. The molecule has 0 amide bonds. The van der Waals surface area contributed by atoms with Crippen LogP contribution in [0.15, 0.2) is 48.5 Å². The van der Waals surface area contributed by atoms with Crippen molar-refractivity contribution in [2.45, 2.75) is 18.9 Å². The van der Waals surface area contributed by atoms with Gasteiger partial charge in [-0.3, -0.25) is 0 Å². The van der Waals surface area contributed by atoms with E-state index in [1.54, 1.807) is 18.2 Å². The molecule has 6 heteroatoms. The first-order valence-electron chi connectivity index (χ1n) is 8.53. The fourth-order valence-electron chi connectivity index (χ4n) is 3.33. The summed E-state index contributed by atoms with van der Waals surface area (Å²) in [6.07, 6.45) is 2.46. The Bertz CT molecular complexity index is 734. The minimum Gasteiger partial charge on any atom is -0.356 e. The van der Waals surface area contributed by atoms with Gasteiger partial charge >= 0.3 is 0 Å². The topological polar surface area (TPSA) is 28.5 Å². The summed E-state index contributed by atoms with van der Waals surface area (Å²) in [7, 11) is 0. The van der Waals surface area contributed by atoms with Crippen molar-refractivity contribution in [1.29, 1.82) is 0 Å². The fraction of sp³-hybridized carbons (Fsp3) is 0.316. The molecule has 3 rings (SSSR count). The Morgan fingerprint density at radius 2 is 1.80 bits per heavy atom. The molecule has 1 heterocycles. The number of likely N-dealkylation sites (tertiary alicyclic amines) is 1. The van der Waals surface area contributed by atoms with Gasteiger partial charge in [0.1, 0.15) is 11.9 Å². The summed E-state index contributed by atoms with van der Waals surface area (Å²) in [4.78, 5) is 1.51. The van der Waals surface area contributed by atoms with E-state index in [0.717, 1.165) is 23.7 Å². The second-order valence-electron chi connectivity index (χ2n) is 6.25. The van der Waals surface area contributed by atoms with Crippen LogP contribution in [0, 0.1) is 5.82 Å². The SMILES string of the molecule is Fc1ccccc1NC(=S)NC[C@H](c1ccccc1Cl)[NH+]1CCCC1. The molecule has 25 heavy (non-hydrogen) atoms. The molecule has 0 saturated carbocycles. The lowest BCUT2D eigenvalue weighted by Gasteiger charge is -2.26. The monoisotopic (exact) mass is 378 g/mol. The lowest BCUT2D eigenvalue weighted by Crippen LogP contribution is -3.11. The lowest BCUT2D eigenvalue weighted by atomic mass is 10.1. The van der Waals surface area contributed by atoms with Crippen molar-refractivity contribution in [3.05, 3.63) is 64.9 Å². The van der Waals surface area contributed by atoms with Crippen molar-refractivity contribution in [2.24, 2.45) is 0 Å². The predicted molar refractivity (Wildman–Crippen MR) is 105 cm³/mol. The number of hydrogen-bond donors (Lipinski definition) is 3. The summed E-state index contributed by atoms with van der Waals surface area (Å²) in [6, 6.07) is 14.7. The molecule has 132 valence electrons. The molecule has 2 aromatic carbocycles. The van der Waals surface area contributed by atoms with Gasteiger partial charge in [-0.05, 0) is 30.4 Å². The first kappa shape index (κ1) is 18.1. The molecule has 3 nitrogen and oxygen atoms in total. The lowest BCUT2D eigenvalue weighted by molar-refractivity contribution is -0.918. The molecular formula is C19H22ClFN3S+. The molecule has 0 radical (unpaired) electrons. The number of anilines is 1. The highest BCUT2D eigenvalue weighted by Crippen LogP contribution is 2.21. The largest absolute Gasteiger partial charge is 0.356 e. The normalized spacial score (nSPS) is 15.8. The third kappa shape index (κ3) is 4.69. The summed E-state index contributed by atoms with van der Waals surface area (Å²) in [6.45, 7) is 2.91. The summed E-state index contributed by atoms with van der Waals surface area (Å²) >= 11 is 11.8. The zero-order valence-electron chi connectivity index (χ0n) is 13.9. The van der Waals surface area contributed by atoms with Crippen molar-refractivity contribution in [3.8, 4) is 0 Å². The van der Waals surface area contributed by atoms with Gasteiger partial charge in [0.2, 0.25) is 0 Å². The highest BCUT2D eigenvalue weighted by Gasteiger charge is 2.28. The summed E-state index contributed by atoms with van der Waals surface area (Å²) < 4.78 is 13.7. The average molecular weight is 379 g/mol. The van der Waals surface area contributed by atoms with Gasteiger partial charge in [-0.15, -0.1) is 0 Å². The molecule has 0 aliphatic carbocycles. The summed E-state index contributed by atoms with van der Waals surface area (Å²) in [5.74, 6) is -0.320. The Balaban J connectivity index is 1.67. The number of halogens is 2. The van der Waals surface area contributed by atoms with Crippen LogP contribution in [0.25, 0.3) is 0 Å². The van der Waals surface area contributed by atoms with E-state index in [1.165, 1.54) is 23.8 Å². The van der Waals surface area contributed by atoms with Crippen LogP contribution in [0.3, 0.4) is 0 Å². The Morgan fingerprint density at radius 1 is 1.12 bits per heavy atom. The fourth-order valence-corrected chi connectivity index (χ4v) is 3.79. The van der Waals surface area contributed by atoms with E-state index in [9.17, 15) is 4.39 Å². The predicted octanol–water partition coefficient (Wildman–Crippen LogP) is 3.19. The molecule has 2 aromatic rings. The van der Waals surface area contributed by atoms with Crippen molar-refractivity contribution >= 4 is 34.6 Å². The molecule has 1 saturated heterocycles. The highest BCUT2D eigenvalue weighted by atomic mass is 35.5. The van der Waals surface area contributed by atoms with Crippen LogP contribution in [0.5, 0.6) is 0 Å². The second kappa shape index (κ2) is 8.61. The van der Waals surface area contributed by atoms with Crippen LogP contribution in [-0.2, 0) is 0 Å². The number of quaternary nitrogens is 1. The van der Waals surface area contributed by atoms with Gasteiger partial charge in [-0.25, -0.2) is 4.39 Å². The van der Waals surface area contributed by atoms with E-state index in [2.05, 4.69) is 16.7 Å². The van der Waals surface area contributed by atoms with Crippen molar-refractivity contribution in [2.75, 3.05) is 25.0 Å². The molecule has 1 aliphatic heterocycles. The number of thiocarbonyl (C=S) groups is 1. The molecule has 0 spiro atoms. The molecule has 0 aromatic heterocycles. The molecule has 0 bridgehead atoms. The minimum atomic E-state index is -0.320. The van der Waals surface area contributed by atoms with E-state index in [-0.39, 0.29) is 11.9 Å². The minimum absolute atomic E-state index is 0.219. The number of para-hydroxylation sites is 1. The van der Waals surface area contributed by atoms with Gasteiger partial charge in [0, 0.05) is 23.4 Å². The van der Waals surface area contributed by atoms with Gasteiger partial charge in [0.25, 0.3) is 0 Å².